The van der Waals surface area contributed by atoms with Gasteiger partial charge in [0, 0.05) is 6.04 Å². The lowest BCUT2D eigenvalue weighted by molar-refractivity contribution is 0.120. The lowest BCUT2D eigenvalue weighted by atomic mass is 9.94. The molecule has 0 amide bonds. The van der Waals surface area contributed by atoms with Gasteiger partial charge in [0.1, 0.15) is 0 Å². The van der Waals surface area contributed by atoms with E-state index in [1.165, 1.54) is 12.1 Å². The fourth-order valence-corrected chi connectivity index (χ4v) is 3.97. The van der Waals surface area contributed by atoms with Crippen LogP contribution < -0.4 is 4.72 Å². The molecule has 0 heterocycles. The number of sulfonamides is 1. The molecule has 0 aliphatic heterocycles. The molecular formula is C15H23NO4S. The zero-order valence-corrected chi connectivity index (χ0v) is 13.0. The molecule has 1 unspecified atom stereocenters. The van der Waals surface area contributed by atoms with Crippen molar-refractivity contribution in [3.05, 3.63) is 29.8 Å². The third-order valence-electron chi connectivity index (χ3n) is 3.96. The van der Waals surface area contributed by atoms with Gasteiger partial charge in [-0.05, 0) is 49.8 Å². The number of aliphatic hydroxyl groups excluding tert-OH is 2. The molecule has 1 aliphatic rings. The van der Waals surface area contributed by atoms with Gasteiger partial charge in [-0.3, -0.25) is 0 Å². The normalized spacial score (nSPS) is 24.7. The van der Waals surface area contributed by atoms with E-state index in [1.54, 1.807) is 12.1 Å². The van der Waals surface area contributed by atoms with E-state index in [0.29, 0.717) is 37.7 Å². The first-order valence-electron chi connectivity index (χ1n) is 7.41. The maximum absolute atomic E-state index is 12.4. The SMILES string of the molecule is CCC(O)c1cccc(S(=O)(=O)NC2CCC(O)CC2)c1. The second kappa shape index (κ2) is 6.87. The van der Waals surface area contributed by atoms with Crippen LogP contribution in [0.15, 0.2) is 29.2 Å². The molecule has 2 rings (SSSR count). The first-order valence-corrected chi connectivity index (χ1v) is 8.89. The van der Waals surface area contributed by atoms with Gasteiger partial charge < -0.3 is 10.2 Å². The first-order chi connectivity index (χ1) is 9.92. The average molecular weight is 313 g/mol. The molecule has 6 heteroatoms. The Kier molecular flexibility index (Phi) is 5.37. The molecule has 1 atom stereocenters. The maximum Gasteiger partial charge on any atom is 0.240 e. The molecule has 5 nitrogen and oxygen atoms in total. The van der Waals surface area contributed by atoms with Gasteiger partial charge in [0.25, 0.3) is 0 Å². The summed E-state index contributed by atoms with van der Waals surface area (Å²) >= 11 is 0. The minimum absolute atomic E-state index is 0.127. The lowest BCUT2D eigenvalue weighted by Gasteiger charge is -2.26. The Labute approximate surface area is 126 Å². The minimum atomic E-state index is -3.58. The van der Waals surface area contributed by atoms with Crippen molar-refractivity contribution in [2.75, 3.05) is 0 Å². The molecule has 21 heavy (non-hydrogen) atoms. The van der Waals surface area contributed by atoms with Gasteiger partial charge in [-0.15, -0.1) is 0 Å². The van der Waals surface area contributed by atoms with Crippen molar-refractivity contribution < 1.29 is 18.6 Å². The number of hydrogen-bond acceptors (Lipinski definition) is 4. The van der Waals surface area contributed by atoms with Gasteiger partial charge in [-0.2, -0.15) is 0 Å². The van der Waals surface area contributed by atoms with Crippen LogP contribution in [0.4, 0.5) is 0 Å². The highest BCUT2D eigenvalue weighted by molar-refractivity contribution is 7.89. The van der Waals surface area contributed by atoms with Crippen LogP contribution >= 0.6 is 0 Å². The predicted molar refractivity (Wildman–Crippen MR) is 80.3 cm³/mol. The Morgan fingerprint density at radius 1 is 1.29 bits per heavy atom. The molecule has 1 aromatic carbocycles. The van der Waals surface area contributed by atoms with Crippen LogP contribution in [-0.4, -0.2) is 30.8 Å². The van der Waals surface area contributed by atoms with Crippen molar-refractivity contribution >= 4 is 10.0 Å². The van der Waals surface area contributed by atoms with E-state index in [1.807, 2.05) is 6.92 Å². The molecule has 0 spiro atoms. The average Bonchev–Trinajstić information content (AvgIpc) is 2.49. The summed E-state index contributed by atoms with van der Waals surface area (Å²) < 4.78 is 27.5. The first kappa shape index (κ1) is 16.4. The summed E-state index contributed by atoms with van der Waals surface area (Å²) in [5.41, 5.74) is 0.611. The Bertz CT molecular complexity index is 565. The highest BCUT2D eigenvalue weighted by Crippen LogP contribution is 2.23. The largest absolute Gasteiger partial charge is 0.393 e. The van der Waals surface area contributed by atoms with Crippen molar-refractivity contribution in [3.8, 4) is 0 Å². The second-order valence-electron chi connectivity index (χ2n) is 5.62. The topological polar surface area (TPSA) is 86.6 Å². The molecule has 0 bridgehead atoms. The summed E-state index contributed by atoms with van der Waals surface area (Å²) in [5, 5.41) is 19.3. The molecule has 1 saturated carbocycles. The summed E-state index contributed by atoms with van der Waals surface area (Å²) in [6, 6.07) is 6.30. The van der Waals surface area contributed by atoms with Gasteiger partial charge in [0.05, 0.1) is 17.1 Å². The highest BCUT2D eigenvalue weighted by atomic mass is 32.2. The summed E-state index contributed by atoms with van der Waals surface area (Å²) in [6.45, 7) is 1.84. The number of benzene rings is 1. The third-order valence-corrected chi connectivity index (χ3v) is 5.48. The van der Waals surface area contributed by atoms with Crippen LogP contribution in [0.2, 0.25) is 0 Å². The summed E-state index contributed by atoms with van der Waals surface area (Å²) in [7, 11) is -3.58. The van der Waals surface area contributed by atoms with Crippen LogP contribution in [0.25, 0.3) is 0 Å². The fraction of sp³-hybridized carbons (Fsp3) is 0.600. The van der Waals surface area contributed by atoms with Gasteiger partial charge in [-0.25, -0.2) is 13.1 Å². The lowest BCUT2D eigenvalue weighted by Crippen LogP contribution is -2.38. The molecular weight excluding hydrogens is 290 g/mol. The Morgan fingerprint density at radius 2 is 1.95 bits per heavy atom. The molecule has 0 radical (unpaired) electrons. The Morgan fingerprint density at radius 3 is 2.57 bits per heavy atom. The Hall–Kier alpha value is -0.950. The Balaban J connectivity index is 2.12. The highest BCUT2D eigenvalue weighted by Gasteiger charge is 2.25. The third kappa shape index (κ3) is 4.26. The van der Waals surface area contributed by atoms with Crippen molar-refractivity contribution in [2.45, 2.75) is 62.2 Å². The van der Waals surface area contributed by atoms with Crippen LogP contribution in [-0.2, 0) is 10.0 Å². The van der Waals surface area contributed by atoms with Crippen LogP contribution in [0.3, 0.4) is 0 Å². The van der Waals surface area contributed by atoms with E-state index >= 15 is 0 Å². The standard InChI is InChI=1S/C15H23NO4S/c1-2-15(18)11-4-3-5-14(10-11)21(19,20)16-12-6-8-13(17)9-7-12/h3-5,10,12-13,15-18H,2,6-9H2,1H3. The van der Waals surface area contributed by atoms with Gasteiger partial charge in [-0.1, -0.05) is 19.1 Å². The maximum atomic E-state index is 12.4. The zero-order chi connectivity index (χ0) is 15.5. The van der Waals surface area contributed by atoms with Crippen molar-refractivity contribution in [1.82, 2.24) is 4.72 Å². The molecule has 1 aromatic rings. The molecule has 3 N–H and O–H groups in total. The molecule has 0 saturated heterocycles. The fourth-order valence-electron chi connectivity index (χ4n) is 2.61. The number of rotatable bonds is 5. The van der Waals surface area contributed by atoms with Gasteiger partial charge in [0.2, 0.25) is 10.0 Å². The van der Waals surface area contributed by atoms with E-state index < -0.39 is 16.1 Å². The number of aliphatic hydroxyl groups is 2. The van der Waals surface area contributed by atoms with E-state index in [9.17, 15) is 18.6 Å². The monoisotopic (exact) mass is 313 g/mol. The number of nitrogens with one attached hydrogen (secondary N) is 1. The smallest absolute Gasteiger partial charge is 0.240 e. The van der Waals surface area contributed by atoms with Crippen molar-refractivity contribution in [1.29, 1.82) is 0 Å². The molecule has 0 aromatic heterocycles. The van der Waals surface area contributed by atoms with Crippen molar-refractivity contribution in [2.24, 2.45) is 0 Å². The summed E-state index contributed by atoms with van der Waals surface area (Å²) in [5.74, 6) is 0. The molecule has 118 valence electrons. The van der Waals surface area contributed by atoms with E-state index in [4.69, 9.17) is 0 Å². The van der Waals surface area contributed by atoms with Crippen LogP contribution in [0.1, 0.15) is 50.7 Å². The second-order valence-corrected chi connectivity index (χ2v) is 7.34. The van der Waals surface area contributed by atoms with Gasteiger partial charge in [0.15, 0.2) is 0 Å². The van der Waals surface area contributed by atoms with E-state index in [0.717, 1.165) is 0 Å². The van der Waals surface area contributed by atoms with Crippen LogP contribution in [0, 0.1) is 0 Å². The molecule has 1 fully saturated rings. The zero-order valence-electron chi connectivity index (χ0n) is 12.2. The summed E-state index contributed by atoms with van der Waals surface area (Å²) in [6.07, 6.45) is 2.13. The summed E-state index contributed by atoms with van der Waals surface area (Å²) in [4.78, 5) is 0.179. The van der Waals surface area contributed by atoms with Crippen LogP contribution in [0.5, 0.6) is 0 Å². The molecule has 1 aliphatic carbocycles. The van der Waals surface area contributed by atoms with E-state index in [-0.39, 0.29) is 17.0 Å². The van der Waals surface area contributed by atoms with E-state index in [2.05, 4.69) is 4.72 Å². The predicted octanol–water partition coefficient (Wildman–Crippen LogP) is 1.71. The quantitative estimate of drug-likeness (QED) is 0.772. The number of hydrogen-bond donors (Lipinski definition) is 3. The minimum Gasteiger partial charge on any atom is -0.393 e. The van der Waals surface area contributed by atoms with Crippen molar-refractivity contribution in [3.63, 3.8) is 0 Å². The van der Waals surface area contributed by atoms with Gasteiger partial charge >= 0.3 is 0 Å².